The topological polar surface area (TPSA) is 55.8 Å². The van der Waals surface area contributed by atoms with Crippen molar-refractivity contribution in [2.75, 3.05) is 13.2 Å². The average Bonchev–Trinajstić information content (AvgIpc) is 2.27. The lowest BCUT2D eigenvalue weighted by Crippen LogP contribution is -2.01. The van der Waals surface area contributed by atoms with Crippen molar-refractivity contribution >= 4 is 7.82 Å². The van der Waals surface area contributed by atoms with Gasteiger partial charge < -0.3 is 4.89 Å². The molecule has 0 aliphatic heterocycles. The maximum atomic E-state index is 11.4. The van der Waals surface area contributed by atoms with Crippen LogP contribution in [-0.4, -0.2) is 18.1 Å². The van der Waals surface area contributed by atoms with Gasteiger partial charge in [-0.05, 0) is 18.8 Å². The van der Waals surface area contributed by atoms with Crippen LogP contribution in [0, 0.1) is 5.92 Å². The smallest absolute Gasteiger partial charge is 0.302 e. The third-order valence-corrected chi connectivity index (χ3v) is 3.72. The van der Waals surface area contributed by atoms with Gasteiger partial charge in [0.15, 0.2) is 0 Å². The Morgan fingerprint density at radius 2 is 1.56 bits per heavy atom. The summed E-state index contributed by atoms with van der Waals surface area (Å²) in [4.78, 5) is 9.38. The molecule has 5 heteroatoms. The number of hydrogen-bond acceptors (Lipinski definition) is 3. The number of hydrogen-bond donors (Lipinski definition) is 1. The summed E-state index contributed by atoms with van der Waals surface area (Å²) in [6.45, 7) is 6.86. The highest BCUT2D eigenvalue weighted by atomic mass is 31.2. The van der Waals surface area contributed by atoms with Crippen LogP contribution in [0.3, 0.4) is 0 Å². The van der Waals surface area contributed by atoms with Gasteiger partial charge in [0, 0.05) is 0 Å². The normalized spacial score (nSPS) is 14.9. The van der Waals surface area contributed by atoms with Gasteiger partial charge in [0.2, 0.25) is 0 Å². The van der Waals surface area contributed by atoms with Crippen molar-refractivity contribution < 1.29 is 18.5 Å². The van der Waals surface area contributed by atoms with E-state index in [1.165, 1.54) is 25.7 Å². The summed E-state index contributed by atoms with van der Waals surface area (Å²) in [5.74, 6) is 0.462. The van der Waals surface area contributed by atoms with Crippen LogP contribution < -0.4 is 0 Å². The van der Waals surface area contributed by atoms with E-state index >= 15 is 0 Å². The molecular weight excluding hydrogens is 251 g/mol. The maximum Gasteiger partial charge on any atom is 0.472 e. The third kappa shape index (κ3) is 12.6. The Bertz CT molecular complexity index is 231. The Kier molecular flexibility index (Phi) is 11.0. The highest BCUT2D eigenvalue weighted by molar-refractivity contribution is 7.47. The molecule has 18 heavy (non-hydrogen) atoms. The van der Waals surface area contributed by atoms with Gasteiger partial charge in [-0.2, -0.15) is 0 Å². The second-order valence-electron chi connectivity index (χ2n) is 5.09. The second-order valence-corrected chi connectivity index (χ2v) is 6.54. The molecule has 1 unspecified atom stereocenters. The van der Waals surface area contributed by atoms with E-state index in [1.807, 2.05) is 13.8 Å². The molecule has 0 aromatic heterocycles. The average molecular weight is 280 g/mol. The summed E-state index contributed by atoms with van der Waals surface area (Å²) in [5, 5.41) is 0. The van der Waals surface area contributed by atoms with Gasteiger partial charge in [-0.25, -0.2) is 4.57 Å². The summed E-state index contributed by atoms with van der Waals surface area (Å²) >= 11 is 0. The Morgan fingerprint density at radius 3 is 2.17 bits per heavy atom. The van der Waals surface area contributed by atoms with Crippen LogP contribution in [0.5, 0.6) is 0 Å². The van der Waals surface area contributed by atoms with Gasteiger partial charge in [0.05, 0.1) is 13.2 Å². The highest BCUT2D eigenvalue weighted by Crippen LogP contribution is 2.43. The molecule has 110 valence electrons. The minimum Gasteiger partial charge on any atom is -0.302 e. The fourth-order valence-corrected chi connectivity index (χ4v) is 2.27. The molecule has 0 bridgehead atoms. The van der Waals surface area contributed by atoms with Crippen LogP contribution in [0.4, 0.5) is 0 Å². The van der Waals surface area contributed by atoms with Crippen molar-refractivity contribution in [3.63, 3.8) is 0 Å². The molecule has 0 saturated carbocycles. The van der Waals surface area contributed by atoms with Crippen LogP contribution in [0.15, 0.2) is 0 Å². The first kappa shape index (κ1) is 18.1. The lowest BCUT2D eigenvalue weighted by atomic mass is 10.1. The lowest BCUT2D eigenvalue weighted by molar-refractivity contribution is 0.142. The largest absolute Gasteiger partial charge is 0.472 e. The minimum absolute atomic E-state index is 0.280. The van der Waals surface area contributed by atoms with Crippen molar-refractivity contribution in [1.29, 1.82) is 0 Å². The summed E-state index contributed by atoms with van der Waals surface area (Å²) in [5.41, 5.74) is 0. The molecule has 0 aliphatic carbocycles. The first-order chi connectivity index (χ1) is 8.48. The van der Waals surface area contributed by atoms with E-state index in [4.69, 9.17) is 9.05 Å². The van der Waals surface area contributed by atoms with Gasteiger partial charge >= 0.3 is 7.82 Å². The van der Waals surface area contributed by atoms with Gasteiger partial charge in [0.25, 0.3) is 0 Å². The molecule has 0 aromatic rings. The van der Waals surface area contributed by atoms with E-state index in [9.17, 15) is 9.46 Å². The molecule has 0 saturated heterocycles. The van der Waals surface area contributed by atoms with Crippen molar-refractivity contribution in [2.45, 2.75) is 65.7 Å². The van der Waals surface area contributed by atoms with Gasteiger partial charge in [-0.3, -0.25) is 9.05 Å². The fraction of sp³-hybridized carbons (Fsp3) is 1.00. The van der Waals surface area contributed by atoms with Crippen molar-refractivity contribution in [3.05, 3.63) is 0 Å². The van der Waals surface area contributed by atoms with Crippen LogP contribution >= 0.6 is 7.82 Å². The number of rotatable bonds is 12. The molecule has 1 N–H and O–H groups in total. The van der Waals surface area contributed by atoms with E-state index in [0.29, 0.717) is 12.5 Å². The zero-order valence-corrected chi connectivity index (χ0v) is 13.0. The molecular formula is C13H29O4P. The molecule has 1 atom stereocenters. The SMILES string of the molecule is CCCCCCCCOP(=O)(O)OCCC(C)C. The zero-order chi connectivity index (χ0) is 13.9. The number of phosphoric ester groups is 1. The monoisotopic (exact) mass is 280 g/mol. The van der Waals surface area contributed by atoms with Gasteiger partial charge in [-0.1, -0.05) is 52.9 Å². The molecule has 0 spiro atoms. The summed E-state index contributed by atoms with van der Waals surface area (Å²) in [7, 11) is -3.81. The number of phosphoric acid groups is 1. The molecule has 0 amide bonds. The summed E-state index contributed by atoms with van der Waals surface area (Å²) < 4.78 is 21.2. The highest BCUT2D eigenvalue weighted by Gasteiger charge is 2.20. The molecule has 4 nitrogen and oxygen atoms in total. The first-order valence-corrected chi connectivity index (χ1v) is 8.59. The fourth-order valence-electron chi connectivity index (χ4n) is 1.50. The molecule has 0 fully saturated rings. The van der Waals surface area contributed by atoms with E-state index in [2.05, 4.69) is 6.92 Å². The Morgan fingerprint density at radius 1 is 1.00 bits per heavy atom. The second kappa shape index (κ2) is 11.0. The van der Waals surface area contributed by atoms with E-state index < -0.39 is 7.82 Å². The molecule has 0 aromatic carbocycles. The third-order valence-electron chi connectivity index (χ3n) is 2.70. The van der Waals surface area contributed by atoms with E-state index in [-0.39, 0.29) is 6.61 Å². The number of unbranched alkanes of at least 4 members (excludes halogenated alkanes) is 5. The van der Waals surface area contributed by atoms with Gasteiger partial charge in [0.1, 0.15) is 0 Å². The minimum atomic E-state index is -3.81. The summed E-state index contributed by atoms with van der Waals surface area (Å²) in [6, 6.07) is 0. The predicted octanol–water partition coefficient (Wildman–Crippen LogP) is 4.53. The maximum absolute atomic E-state index is 11.4. The molecule has 0 rings (SSSR count). The van der Waals surface area contributed by atoms with Crippen molar-refractivity contribution in [2.24, 2.45) is 5.92 Å². The van der Waals surface area contributed by atoms with Crippen molar-refractivity contribution in [3.8, 4) is 0 Å². The lowest BCUT2D eigenvalue weighted by Gasteiger charge is -2.12. The predicted molar refractivity (Wildman–Crippen MR) is 74.6 cm³/mol. The first-order valence-electron chi connectivity index (χ1n) is 7.10. The summed E-state index contributed by atoms with van der Waals surface area (Å²) in [6.07, 6.45) is 7.53. The Balaban J connectivity index is 3.43. The zero-order valence-electron chi connectivity index (χ0n) is 12.1. The van der Waals surface area contributed by atoms with E-state index in [0.717, 1.165) is 19.3 Å². The van der Waals surface area contributed by atoms with Crippen LogP contribution in [-0.2, 0) is 13.6 Å². The molecule has 0 heterocycles. The van der Waals surface area contributed by atoms with Crippen molar-refractivity contribution in [1.82, 2.24) is 0 Å². The van der Waals surface area contributed by atoms with Crippen LogP contribution in [0.2, 0.25) is 0 Å². The molecule has 0 aliphatic rings. The standard InChI is InChI=1S/C13H29O4P/c1-4-5-6-7-8-9-11-16-18(14,15)17-12-10-13(2)3/h13H,4-12H2,1-3H3,(H,14,15). The Labute approximate surface area is 112 Å². The van der Waals surface area contributed by atoms with E-state index in [1.54, 1.807) is 0 Å². The molecule has 0 radical (unpaired) electrons. The van der Waals surface area contributed by atoms with Crippen LogP contribution in [0.1, 0.15) is 65.7 Å². The quantitative estimate of drug-likeness (QED) is 0.421. The van der Waals surface area contributed by atoms with Gasteiger partial charge in [-0.15, -0.1) is 0 Å². The van der Waals surface area contributed by atoms with Crippen LogP contribution in [0.25, 0.3) is 0 Å². The Hall–Kier alpha value is 0.110.